The molecule has 1 fully saturated rings. The largest absolute Gasteiger partial charge is 0.490 e. The van der Waals surface area contributed by atoms with Crippen LogP contribution in [-0.4, -0.2) is 38.5 Å². The van der Waals surface area contributed by atoms with Crippen LogP contribution < -0.4 is 16.2 Å². The first kappa shape index (κ1) is 18.2. The molecule has 0 spiro atoms. The summed E-state index contributed by atoms with van der Waals surface area (Å²) in [6, 6.07) is 7.48. The Kier molecular flexibility index (Phi) is 4.64. The fourth-order valence-corrected chi connectivity index (χ4v) is 3.22. The van der Waals surface area contributed by atoms with Crippen molar-refractivity contribution in [3.63, 3.8) is 0 Å². The monoisotopic (exact) mass is 381 g/mol. The van der Waals surface area contributed by atoms with Gasteiger partial charge in [0.25, 0.3) is 5.91 Å². The number of pyridine rings is 1. The van der Waals surface area contributed by atoms with Gasteiger partial charge in [0.15, 0.2) is 0 Å². The fraction of sp³-hybridized carbons (Fsp3) is 0.350. The second-order valence-corrected chi connectivity index (χ2v) is 7.17. The number of ether oxygens (including phenoxy) is 1. The summed E-state index contributed by atoms with van der Waals surface area (Å²) >= 11 is 0. The van der Waals surface area contributed by atoms with Crippen molar-refractivity contribution in [2.75, 3.05) is 12.3 Å². The number of aliphatic hydroxyl groups is 1. The number of anilines is 1. The number of primary amides is 1. The first-order valence-corrected chi connectivity index (χ1v) is 9.33. The molecule has 1 aliphatic carbocycles. The molecule has 8 heteroatoms. The minimum Gasteiger partial charge on any atom is -0.490 e. The number of nitrogen functional groups attached to an aromatic ring is 1. The Labute approximate surface area is 162 Å². The number of aliphatic hydroxyl groups excluding tert-OH is 1. The predicted molar refractivity (Wildman–Crippen MR) is 106 cm³/mol. The summed E-state index contributed by atoms with van der Waals surface area (Å²) in [5, 5.41) is 14.6. The average molecular weight is 381 g/mol. The average Bonchev–Trinajstić information content (AvgIpc) is 3.41. The van der Waals surface area contributed by atoms with Crippen molar-refractivity contribution in [2.24, 2.45) is 5.73 Å². The van der Waals surface area contributed by atoms with Crippen LogP contribution in [0, 0.1) is 0 Å². The molecule has 0 bridgehead atoms. The second-order valence-electron chi connectivity index (χ2n) is 7.17. The minimum absolute atomic E-state index is 0.00943. The number of amides is 1. The van der Waals surface area contributed by atoms with Crippen LogP contribution in [0.2, 0.25) is 0 Å². The summed E-state index contributed by atoms with van der Waals surface area (Å²) in [7, 11) is 0. The van der Waals surface area contributed by atoms with Gasteiger partial charge in [-0.2, -0.15) is 5.10 Å². The summed E-state index contributed by atoms with van der Waals surface area (Å²) in [5.74, 6) is 0.347. The Balaban J connectivity index is 1.75. The summed E-state index contributed by atoms with van der Waals surface area (Å²) in [6.45, 7) is 1.86. The van der Waals surface area contributed by atoms with Crippen LogP contribution in [0.1, 0.15) is 42.6 Å². The summed E-state index contributed by atoms with van der Waals surface area (Å²) in [6.07, 6.45) is 4.63. The number of carbonyl (C=O) groups excluding carboxylic acids is 1. The molecule has 5 N–H and O–H groups in total. The number of benzene rings is 1. The lowest BCUT2D eigenvalue weighted by molar-refractivity contribution is 0.100. The van der Waals surface area contributed by atoms with Gasteiger partial charge in [0.1, 0.15) is 22.8 Å². The Bertz CT molecular complexity index is 1040. The maximum absolute atomic E-state index is 12.0. The lowest BCUT2D eigenvalue weighted by Crippen LogP contribution is -2.16. The number of nitrogens with zero attached hydrogens (tertiary/aromatic N) is 3. The van der Waals surface area contributed by atoms with E-state index in [1.807, 2.05) is 31.2 Å². The number of fused-ring (bicyclic) bond motifs is 1. The molecule has 8 nitrogen and oxygen atoms in total. The summed E-state index contributed by atoms with van der Waals surface area (Å²) in [5.41, 5.74) is 13.7. The van der Waals surface area contributed by atoms with Crippen molar-refractivity contribution in [1.82, 2.24) is 14.8 Å². The number of aromatic nitrogens is 3. The highest BCUT2D eigenvalue weighted by Crippen LogP contribution is 2.32. The number of hydrogen-bond acceptors (Lipinski definition) is 6. The molecule has 1 amide bonds. The van der Waals surface area contributed by atoms with Gasteiger partial charge in [0.05, 0.1) is 17.7 Å². The van der Waals surface area contributed by atoms with Crippen molar-refractivity contribution in [3.05, 3.63) is 36.0 Å². The molecular weight excluding hydrogens is 358 g/mol. The van der Waals surface area contributed by atoms with Gasteiger partial charge in [-0.25, -0.2) is 4.68 Å². The van der Waals surface area contributed by atoms with Crippen LogP contribution in [0.3, 0.4) is 0 Å². The second kappa shape index (κ2) is 7.12. The topological polar surface area (TPSA) is 129 Å². The third-order valence-electron chi connectivity index (χ3n) is 4.91. The Morgan fingerprint density at radius 1 is 1.39 bits per heavy atom. The number of nitrogens with two attached hydrogens (primary N) is 2. The molecule has 4 rings (SSSR count). The van der Waals surface area contributed by atoms with E-state index >= 15 is 0 Å². The van der Waals surface area contributed by atoms with Gasteiger partial charge in [-0.15, -0.1) is 0 Å². The first-order valence-electron chi connectivity index (χ1n) is 9.33. The zero-order chi connectivity index (χ0) is 19.8. The smallest absolute Gasteiger partial charge is 0.254 e. The van der Waals surface area contributed by atoms with Crippen LogP contribution >= 0.6 is 0 Å². The van der Waals surface area contributed by atoms with Gasteiger partial charge < -0.3 is 21.3 Å². The number of hydrogen-bond donors (Lipinski definition) is 3. The normalized spacial score (nSPS) is 14.9. The molecule has 2 aromatic heterocycles. The summed E-state index contributed by atoms with van der Waals surface area (Å²) in [4.78, 5) is 16.5. The Morgan fingerprint density at radius 2 is 2.18 bits per heavy atom. The molecule has 28 heavy (non-hydrogen) atoms. The summed E-state index contributed by atoms with van der Waals surface area (Å²) < 4.78 is 7.34. The first-order chi connectivity index (χ1) is 13.5. The van der Waals surface area contributed by atoms with Crippen molar-refractivity contribution in [1.29, 1.82) is 0 Å². The van der Waals surface area contributed by atoms with E-state index in [0.717, 1.165) is 29.5 Å². The Morgan fingerprint density at radius 3 is 2.86 bits per heavy atom. The van der Waals surface area contributed by atoms with Gasteiger partial charge in [-0.05, 0) is 44.4 Å². The highest BCUT2D eigenvalue weighted by molar-refractivity contribution is 6.03. The Hall–Kier alpha value is -3.13. The quantitative estimate of drug-likeness (QED) is 0.576. The van der Waals surface area contributed by atoms with Crippen LogP contribution in [0.5, 0.6) is 5.75 Å². The van der Waals surface area contributed by atoms with E-state index in [-0.39, 0.29) is 24.0 Å². The van der Waals surface area contributed by atoms with E-state index < -0.39 is 5.91 Å². The van der Waals surface area contributed by atoms with E-state index in [1.54, 1.807) is 6.20 Å². The SMILES string of the molecule is CC(CCO)n1nc(-c2cnc3cc(OC4CC4)ccc3c2)c(C(N)=O)c1N. The van der Waals surface area contributed by atoms with E-state index in [9.17, 15) is 9.90 Å². The van der Waals surface area contributed by atoms with Crippen molar-refractivity contribution < 1.29 is 14.6 Å². The van der Waals surface area contributed by atoms with Crippen LogP contribution in [0.25, 0.3) is 22.2 Å². The van der Waals surface area contributed by atoms with Crippen molar-refractivity contribution in [3.8, 4) is 17.0 Å². The van der Waals surface area contributed by atoms with Gasteiger partial charge in [-0.1, -0.05) is 0 Å². The third kappa shape index (κ3) is 3.38. The maximum Gasteiger partial charge on any atom is 0.254 e. The molecule has 1 aromatic carbocycles. The number of carbonyl (C=O) groups is 1. The van der Waals surface area contributed by atoms with Crippen LogP contribution in [0.15, 0.2) is 30.5 Å². The third-order valence-corrected chi connectivity index (χ3v) is 4.91. The molecule has 146 valence electrons. The van der Waals surface area contributed by atoms with E-state index in [1.165, 1.54) is 4.68 Å². The molecule has 3 aromatic rings. The van der Waals surface area contributed by atoms with E-state index in [0.29, 0.717) is 23.8 Å². The molecule has 0 saturated heterocycles. The van der Waals surface area contributed by atoms with Crippen molar-refractivity contribution in [2.45, 2.75) is 38.3 Å². The molecular formula is C20H23N5O3. The zero-order valence-corrected chi connectivity index (χ0v) is 15.6. The molecule has 2 heterocycles. The maximum atomic E-state index is 12.0. The molecule has 1 aliphatic rings. The molecule has 1 unspecified atom stereocenters. The minimum atomic E-state index is -0.650. The molecule has 0 aliphatic heterocycles. The van der Waals surface area contributed by atoms with Gasteiger partial charge in [0.2, 0.25) is 0 Å². The zero-order valence-electron chi connectivity index (χ0n) is 15.6. The standard InChI is InChI=1S/C20H23N5O3/c1-11(6-7-26)25-19(21)17(20(22)27)18(24-25)13-8-12-2-3-15(28-14-4-5-14)9-16(12)23-10-13/h2-3,8-11,14,26H,4-7,21H2,1H3,(H2,22,27). The van der Waals surface area contributed by atoms with Crippen LogP contribution in [-0.2, 0) is 0 Å². The van der Waals surface area contributed by atoms with Crippen LogP contribution in [0.4, 0.5) is 5.82 Å². The molecule has 1 saturated carbocycles. The molecule has 0 radical (unpaired) electrons. The van der Waals surface area contributed by atoms with Crippen molar-refractivity contribution >= 4 is 22.6 Å². The molecule has 1 atom stereocenters. The van der Waals surface area contributed by atoms with E-state index in [2.05, 4.69) is 10.1 Å². The highest BCUT2D eigenvalue weighted by Gasteiger charge is 2.25. The van der Waals surface area contributed by atoms with Gasteiger partial charge in [-0.3, -0.25) is 9.78 Å². The highest BCUT2D eigenvalue weighted by atomic mass is 16.5. The fourth-order valence-electron chi connectivity index (χ4n) is 3.22. The lowest BCUT2D eigenvalue weighted by Gasteiger charge is -2.12. The van der Waals surface area contributed by atoms with Gasteiger partial charge >= 0.3 is 0 Å². The number of rotatable bonds is 7. The van der Waals surface area contributed by atoms with E-state index in [4.69, 9.17) is 16.2 Å². The predicted octanol–water partition coefficient (Wildman–Crippen LogP) is 2.26. The van der Waals surface area contributed by atoms with Gasteiger partial charge in [0, 0.05) is 29.8 Å². The lowest BCUT2D eigenvalue weighted by atomic mass is 10.1.